The van der Waals surface area contributed by atoms with Gasteiger partial charge in [0.1, 0.15) is 0 Å². The Balaban J connectivity index is 1.93. The SMILES string of the molecule is Cc1ccccc1CN(CC(=O)NCCc1ccccc1)S(C)(=O)=O. The van der Waals surface area contributed by atoms with Crippen LogP contribution in [0.15, 0.2) is 54.6 Å². The molecule has 6 heteroatoms. The van der Waals surface area contributed by atoms with Crippen molar-refractivity contribution in [1.29, 1.82) is 0 Å². The van der Waals surface area contributed by atoms with E-state index in [1.807, 2.05) is 61.5 Å². The molecule has 0 saturated carbocycles. The first kappa shape index (κ1) is 19.1. The molecule has 5 nitrogen and oxygen atoms in total. The summed E-state index contributed by atoms with van der Waals surface area (Å²) in [6.45, 7) is 2.42. The molecule has 0 aliphatic rings. The van der Waals surface area contributed by atoms with Crippen molar-refractivity contribution in [2.45, 2.75) is 19.9 Å². The summed E-state index contributed by atoms with van der Waals surface area (Å²) in [6.07, 6.45) is 1.84. The number of amides is 1. The first-order valence-electron chi connectivity index (χ1n) is 8.16. The van der Waals surface area contributed by atoms with Gasteiger partial charge in [-0.1, -0.05) is 54.6 Å². The fourth-order valence-electron chi connectivity index (χ4n) is 2.47. The van der Waals surface area contributed by atoms with Crippen LogP contribution < -0.4 is 5.32 Å². The second-order valence-corrected chi connectivity index (χ2v) is 8.03. The fourth-order valence-corrected chi connectivity index (χ4v) is 3.20. The van der Waals surface area contributed by atoms with Gasteiger partial charge >= 0.3 is 0 Å². The zero-order valence-corrected chi connectivity index (χ0v) is 15.4. The number of rotatable bonds is 8. The summed E-state index contributed by atoms with van der Waals surface area (Å²) in [5, 5.41) is 2.79. The quantitative estimate of drug-likeness (QED) is 0.784. The molecule has 0 spiro atoms. The molecule has 2 aromatic rings. The van der Waals surface area contributed by atoms with Crippen LogP contribution >= 0.6 is 0 Å². The number of benzene rings is 2. The van der Waals surface area contributed by atoms with E-state index in [0.717, 1.165) is 22.9 Å². The molecule has 0 heterocycles. The number of carbonyl (C=O) groups is 1. The Hall–Kier alpha value is -2.18. The summed E-state index contributed by atoms with van der Waals surface area (Å²) >= 11 is 0. The van der Waals surface area contributed by atoms with Gasteiger partial charge in [-0.3, -0.25) is 4.79 Å². The molecule has 0 fully saturated rings. The second-order valence-electron chi connectivity index (χ2n) is 6.04. The van der Waals surface area contributed by atoms with Crippen molar-refractivity contribution in [1.82, 2.24) is 9.62 Å². The van der Waals surface area contributed by atoms with Crippen LogP contribution in [0.4, 0.5) is 0 Å². The topological polar surface area (TPSA) is 66.5 Å². The summed E-state index contributed by atoms with van der Waals surface area (Å²) in [7, 11) is -3.48. The van der Waals surface area contributed by atoms with E-state index in [1.54, 1.807) is 0 Å². The van der Waals surface area contributed by atoms with E-state index in [1.165, 1.54) is 4.31 Å². The molecule has 1 N–H and O–H groups in total. The molecule has 2 aromatic carbocycles. The Morgan fingerprint density at radius 1 is 1.04 bits per heavy atom. The predicted octanol–water partition coefficient (Wildman–Crippen LogP) is 2.12. The van der Waals surface area contributed by atoms with Crippen molar-refractivity contribution in [2.75, 3.05) is 19.3 Å². The van der Waals surface area contributed by atoms with Crippen LogP contribution in [0.5, 0.6) is 0 Å². The van der Waals surface area contributed by atoms with E-state index < -0.39 is 10.0 Å². The average Bonchev–Trinajstić information content (AvgIpc) is 2.56. The summed E-state index contributed by atoms with van der Waals surface area (Å²) in [5.74, 6) is -0.296. The lowest BCUT2D eigenvalue weighted by Crippen LogP contribution is -2.40. The summed E-state index contributed by atoms with van der Waals surface area (Å²) in [4.78, 5) is 12.1. The minimum atomic E-state index is -3.48. The first-order chi connectivity index (χ1) is 11.9. The van der Waals surface area contributed by atoms with E-state index in [4.69, 9.17) is 0 Å². The van der Waals surface area contributed by atoms with Crippen LogP contribution in [-0.4, -0.2) is 38.0 Å². The zero-order chi connectivity index (χ0) is 18.3. The Morgan fingerprint density at radius 2 is 1.68 bits per heavy atom. The van der Waals surface area contributed by atoms with Crippen molar-refractivity contribution >= 4 is 15.9 Å². The van der Waals surface area contributed by atoms with E-state index in [9.17, 15) is 13.2 Å². The smallest absolute Gasteiger partial charge is 0.235 e. The lowest BCUT2D eigenvalue weighted by molar-refractivity contribution is -0.121. The molecule has 0 atom stereocenters. The molecule has 0 aliphatic heterocycles. The standard InChI is InChI=1S/C19H24N2O3S/c1-16-8-6-7-11-18(16)14-21(25(2,23)24)15-19(22)20-13-12-17-9-4-3-5-10-17/h3-11H,12-15H2,1-2H3,(H,20,22). The van der Waals surface area contributed by atoms with Crippen LogP contribution in [0.25, 0.3) is 0 Å². The van der Waals surface area contributed by atoms with E-state index in [0.29, 0.717) is 13.0 Å². The molecule has 0 saturated heterocycles. The summed E-state index contributed by atoms with van der Waals surface area (Å²) < 4.78 is 25.2. The molecule has 134 valence electrons. The highest BCUT2D eigenvalue weighted by Gasteiger charge is 2.20. The second kappa shape index (κ2) is 8.78. The molecule has 0 radical (unpaired) electrons. The predicted molar refractivity (Wildman–Crippen MR) is 99.6 cm³/mol. The molecule has 25 heavy (non-hydrogen) atoms. The van der Waals surface area contributed by atoms with E-state index in [-0.39, 0.29) is 19.0 Å². The molecule has 2 rings (SSSR count). The first-order valence-corrected chi connectivity index (χ1v) is 10.0. The Labute approximate surface area is 149 Å². The normalized spacial score (nSPS) is 11.5. The Kier molecular flexibility index (Phi) is 6.73. The van der Waals surface area contributed by atoms with Crippen LogP contribution in [0.2, 0.25) is 0 Å². The fraction of sp³-hybridized carbons (Fsp3) is 0.316. The zero-order valence-electron chi connectivity index (χ0n) is 14.6. The van der Waals surface area contributed by atoms with Gasteiger partial charge in [0.15, 0.2) is 0 Å². The minimum Gasteiger partial charge on any atom is -0.355 e. The van der Waals surface area contributed by atoms with Gasteiger partial charge < -0.3 is 5.32 Å². The third-order valence-corrected chi connectivity index (χ3v) is 5.17. The van der Waals surface area contributed by atoms with Gasteiger partial charge in [0.25, 0.3) is 0 Å². The van der Waals surface area contributed by atoms with Crippen molar-refractivity contribution in [2.24, 2.45) is 0 Å². The summed E-state index contributed by atoms with van der Waals surface area (Å²) in [5.41, 5.74) is 3.02. The molecular formula is C19H24N2O3S. The highest BCUT2D eigenvalue weighted by molar-refractivity contribution is 7.88. The number of nitrogens with zero attached hydrogens (tertiary/aromatic N) is 1. The maximum atomic E-state index is 12.1. The van der Waals surface area contributed by atoms with Crippen molar-refractivity contribution in [3.8, 4) is 0 Å². The third kappa shape index (κ3) is 6.32. The van der Waals surface area contributed by atoms with Crippen LogP contribution in [-0.2, 0) is 27.8 Å². The van der Waals surface area contributed by atoms with Crippen molar-refractivity contribution in [3.63, 3.8) is 0 Å². The van der Waals surface area contributed by atoms with Crippen molar-refractivity contribution in [3.05, 3.63) is 71.3 Å². The molecule has 1 amide bonds. The number of sulfonamides is 1. The maximum Gasteiger partial charge on any atom is 0.235 e. The van der Waals surface area contributed by atoms with Gasteiger partial charge in [-0.05, 0) is 30.0 Å². The number of hydrogen-bond acceptors (Lipinski definition) is 3. The monoisotopic (exact) mass is 360 g/mol. The van der Waals surface area contributed by atoms with Gasteiger partial charge in [-0.25, -0.2) is 8.42 Å². The molecule has 0 unspecified atom stereocenters. The van der Waals surface area contributed by atoms with Gasteiger partial charge in [-0.2, -0.15) is 4.31 Å². The Morgan fingerprint density at radius 3 is 2.32 bits per heavy atom. The van der Waals surface area contributed by atoms with E-state index in [2.05, 4.69) is 5.32 Å². The number of aryl methyl sites for hydroxylation is 1. The largest absolute Gasteiger partial charge is 0.355 e. The lowest BCUT2D eigenvalue weighted by Gasteiger charge is -2.20. The van der Waals surface area contributed by atoms with Crippen LogP contribution in [0, 0.1) is 6.92 Å². The Bertz CT molecular complexity index is 804. The molecule has 0 aromatic heterocycles. The highest BCUT2D eigenvalue weighted by Crippen LogP contribution is 2.12. The minimum absolute atomic E-state index is 0.179. The van der Waals surface area contributed by atoms with Gasteiger partial charge in [0.2, 0.25) is 15.9 Å². The number of hydrogen-bond donors (Lipinski definition) is 1. The lowest BCUT2D eigenvalue weighted by atomic mass is 10.1. The van der Waals surface area contributed by atoms with Gasteiger partial charge in [0.05, 0.1) is 12.8 Å². The van der Waals surface area contributed by atoms with Gasteiger partial charge in [0, 0.05) is 13.1 Å². The molecule has 0 aliphatic carbocycles. The van der Waals surface area contributed by atoms with Crippen LogP contribution in [0.1, 0.15) is 16.7 Å². The van der Waals surface area contributed by atoms with Gasteiger partial charge in [-0.15, -0.1) is 0 Å². The summed E-state index contributed by atoms with van der Waals surface area (Å²) in [6, 6.07) is 17.4. The van der Waals surface area contributed by atoms with Crippen LogP contribution in [0.3, 0.4) is 0 Å². The highest BCUT2D eigenvalue weighted by atomic mass is 32.2. The molecule has 0 bridgehead atoms. The van der Waals surface area contributed by atoms with Crippen molar-refractivity contribution < 1.29 is 13.2 Å². The third-order valence-electron chi connectivity index (χ3n) is 3.98. The molecular weight excluding hydrogens is 336 g/mol. The maximum absolute atomic E-state index is 12.1. The van der Waals surface area contributed by atoms with E-state index >= 15 is 0 Å². The average molecular weight is 360 g/mol. The number of carbonyl (C=O) groups excluding carboxylic acids is 1. The number of nitrogens with one attached hydrogen (secondary N) is 1.